The van der Waals surface area contributed by atoms with Gasteiger partial charge in [-0.05, 0) is 19.1 Å². The molecule has 3 N–H and O–H groups in total. The normalized spacial score (nSPS) is 12.2. The molecule has 21 heavy (non-hydrogen) atoms. The maximum Gasteiger partial charge on any atom is 0.328 e. The lowest BCUT2D eigenvalue weighted by molar-refractivity contribution is -0.131. The van der Waals surface area contributed by atoms with E-state index in [0.717, 1.165) is 11.6 Å². The van der Waals surface area contributed by atoms with Gasteiger partial charge < -0.3 is 10.4 Å². The highest BCUT2D eigenvalue weighted by atomic mass is 16.4. The van der Waals surface area contributed by atoms with E-state index in [-0.39, 0.29) is 17.6 Å². The number of carboxylic acid groups (broad SMARTS) is 1. The van der Waals surface area contributed by atoms with E-state index in [0.29, 0.717) is 5.56 Å². The third kappa shape index (κ3) is 3.75. The van der Waals surface area contributed by atoms with Crippen LogP contribution in [0.15, 0.2) is 36.8 Å². The van der Waals surface area contributed by atoms with E-state index in [1.807, 2.05) is 6.92 Å². The van der Waals surface area contributed by atoms with Crippen LogP contribution in [0.3, 0.4) is 0 Å². The Hall–Kier alpha value is -2.96. The number of pyridine rings is 1. The Labute approximate surface area is 120 Å². The summed E-state index contributed by atoms with van der Waals surface area (Å²) in [6.45, 7) is 1.82. The van der Waals surface area contributed by atoms with Crippen LogP contribution >= 0.6 is 0 Å². The van der Waals surface area contributed by atoms with Gasteiger partial charge in [0.25, 0.3) is 5.91 Å². The third-order valence-corrected chi connectivity index (χ3v) is 2.83. The van der Waals surface area contributed by atoms with Gasteiger partial charge in [0, 0.05) is 29.6 Å². The van der Waals surface area contributed by atoms with Crippen LogP contribution in [0.5, 0.6) is 0 Å². The van der Waals surface area contributed by atoms with Crippen molar-refractivity contribution in [2.75, 3.05) is 0 Å². The molecule has 108 valence electrons. The highest BCUT2D eigenvalue weighted by molar-refractivity contribution is 5.97. The standard InChI is InChI=1S/C14H14N4O3/c1-9(11-7-16-17-8-11)18-14(21)13-10(3-2-6-15-13)4-5-12(19)20/h2-9H,1H3,(H,16,17)(H,18,21)(H,19,20)/b5-4+. The maximum atomic E-state index is 12.2. The molecule has 7 heteroatoms. The van der Waals surface area contributed by atoms with E-state index in [1.54, 1.807) is 24.5 Å². The van der Waals surface area contributed by atoms with Crippen LogP contribution in [-0.2, 0) is 4.79 Å². The van der Waals surface area contributed by atoms with E-state index >= 15 is 0 Å². The Morgan fingerprint density at radius 1 is 1.48 bits per heavy atom. The van der Waals surface area contributed by atoms with Gasteiger partial charge in [0.05, 0.1) is 12.2 Å². The molecule has 2 heterocycles. The van der Waals surface area contributed by atoms with Crippen molar-refractivity contribution in [2.24, 2.45) is 0 Å². The van der Waals surface area contributed by atoms with Crippen molar-refractivity contribution in [1.82, 2.24) is 20.5 Å². The fourth-order valence-electron chi connectivity index (χ4n) is 1.75. The first-order chi connectivity index (χ1) is 10.1. The van der Waals surface area contributed by atoms with E-state index in [1.165, 1.54) is 12.3 Å². The van der Waals surface area contributed by atoms with Gasteiger partial charge >= 0.3 is 5.97 Å². The summed E-state index contributed by atoms with van der Waals surface area (Å²) in [6, 6.07) is 3.02. The zero-order valence-corrected chi connectivity index (χ0v) is 11.3. The highest BCUT2D eigenvalue weighted by Gasteiger charge is 2.15. The predicted octanol–water partition coefficient (Wildman–Crippen LogP) is 1.39. The van der Waals surface area contributed by atoms with E-state index in [4.69, 9.17) is 5.11 Å². The van der Waals surface area contributed by atoms with Gasteiger partial charge in [0.15, 0.2) is 0 Å². The molecule has 1 amide bonds. The summed E-state index contributed by atoms with van der Waals surface area (Å²) >= 11 is 0. The SMILES string of the molecule is CC(NC(=O)c1ncccc1/C=C/C(=O)O)c1cn[nH]c1. The molecule has 0 saturated heterocycles. The van der Waals surface area contributed by atoms with Crippen molar-refractivity contribution in [1.29, 1.82) is 0 Å². The first-order valence-corrected chi connectivity index (χ1v) is 6.23. The Balaban J connectivity index is 2.17. The van der Waals surface area contributed by atoms with Crippen molar-refractivity contribution in [3.05, 3.63) is 53.6 Å². The second kappa shape index (κ2) is 6.47. The second-order valence-corrected chi connectivity index (χ2v) is 4.34. The number of nitrogens with zero attached hydrogens (tertiary/aromatic N) is 2. The fourth-order valence-corrected chi connectivity index (χ4v) is 1.75. The molecule has 0 aromatic carbocycles. The number of amides is 1. The lowest BCUT2D eigenvalue weighted by Gasteiger charge is -2.12. The van der Waals surface area contributed by atoms with Gasteiger partial charge in [0.2, 0.25) is 0 Å². The molecule has 0 aliphatic heterocycles. The van der Waals surface area contributed by atoms with Crippen molar-refractivity contribution in [2.45, 2.75) is 13.0 Å². The van der Waals surface area contributed by atoms with Crippen molar-refractivity contribution >= 4 is 18.0 Å². The molecule has 1 unspecified atom stereocenters. The number of H-pyrrole nitrogens is 1. The first-order valence-electron chi connectivity index (χ1n) is 6.23. The summed E-state index contributed by atoms with van der Waals surface area (Å²) < 4.78 is 0. The minimum absolute atomic E-state index is 0.172. The first kappa shape index (κ1) is 14.4. The summed E-state index contributed by atoms with van der Waals surface area (Å²) in [5.74, 6) is -1.47. The number of aliphatic carboxylic acids is 1. The quantitative estimate of drug-likeness (QED) is 0.720. The number of aromatic nitrogens is 3. The highest BCUT2D eigenvalue weighted by Crippen LogP contribution is 2.12. The third-order valence-electron chi connectivity index (χ3n) is 2.83. The number of aromatic amines is 1. The number of carboxylic acids is 1. The second-order valence-electron chi connectivity index (χ2n) is 4.34. The molecule has 0 aliphatic carbocycles. The molecule has 2 aromatic rings. The molecule has 7 nitrogen and oxygen atoms in total. The Morgan fingerprint density at radius 3 is 2.95 bits per heavy atom. The van der Waals surface area contributed by atoms with Crippen LogP contribution < -0.4 is 5.32 Å². The largest absolute Gasteiger partial charge is 0.478 e. The number of hydrogen-bond donors (Lipinski definition) is 3. The molecule has 0 spiro atoms. The van der Waals surface area contributed by atoms with Crippen LogP contribution in [0.25, 0.3) is 6.08 Å². The lowest BCUT2D eigenvalue weighted by Crippen LogP contribution is -2.27. The van der Waals surface area contributed by atoms with Crippen molar-refractivity contribution < 1.29 is 14.7 Å². The summed E-state index contributed by atoms with van der Waals surface area (Å²) in [5.41, 5.74) is 1.45. The predicted molar refractivity (Wildman–Crippen MR) is 75.4 cm³/mol. The molecular weight excluding hydrogens is 272 g/mol. The zero-order valence-electron chi connectivity index (χ0n) is 11.3. The van der Waals surface area contributed by atoms with Crippen LogP contribution in [0.2, 0.25) is 0 Å². The topological polar surface area (TPSA) is 108 Å². The van der Waals surface area contributed by atoms with Gasteiger partial charge in [0.1, 0.15) is 5.69 Å². The number of nitrogens with one attached hydrogen (secondary N) is 2. The molecule has 0 aliphatic rings. The average Bonchev–Trinajstić information content (AvgIpc) is 2.99. The maximum absolute atomic E-state index is 12.2. The number of hydrogen-bond acceptors (Lipinski definition) is 4. The van der Waals surface area contributed by atoms with E-state index in [2.05, 4.69) is 20.5 Å². The Bertz CT molecular complexity index is 665. The van der Waals surface area contributed by atoms with Gasteiger partial charge in [-0.3, -0.25) is 14.9 Å². The van der Waals surface area contributed by atoms with Crippen LogP contribution in [0.1, 0.15) is 34.6 Å². The summed E-state index contributed by atoms with van der Waals surface area (Å²) in [6.07, 6.45) is 7.10. The summed E-state index contributed by atoms with van der Waals surface area (Å²) in [7, 11) is 0. The van der Waals surface area contributed by atoms with Crippen LogP contribution in [-0.4, -0.2) is 32.2 Å². The fraction of sp³-hybridized carbons (Fsp3) is 0.143. The van der Waals surface area contributed by atoms with Crippen LogP contribution in [0, 0.1) is 0 Å². The molecular formula is C14H14N4O3. The minimum atomic E-state index is -1.09. The molecule has 0 radical (unpaired) electrons. The molecule has 1 atom stereocenters. The number of carbonyl (C=O) groups is 2. The Kier molecular flexibility index (Phi) is 4.45. The van der Waals surface area contributed by atoms with Gasteiger partial charge in [-0.15, -0.1) is 0 Å². The molecule has 2 aromatic heterocycles. The lowest BCUT2D eigenvalue weighted by atomic mass is 10.1. The zero-order chi connectivity index (χ0) is 15.2. The van der Waals surface area contributed by atoms with Crippen LogP contribution in [0.4, 0.5) is 0 Å². The Morgan fingerprint density at radius 2 is 2.29 bits per heavy atom. The van der Waals surface area contributed by atoms with Gasteiger partial charge in [-0.1, -0.05) is 6.07 Å². The van der Waals surface area contributed by atoms with E-state index < -0.39 is 5.97 Å². The van der Waals surface area contributed by atoms with Crippen molar-refractivity contribution in [3.8, 4) is 0 Å². The molecule has 0 bridgehead atoms. The smallest absolute Gasteiger partial charge is 0.328 e. The molecule has 0 saturated carbocycles. The summed E-state index contributed by atoms with van der Waals surface area (Å²) in [4.78, 5) is 26.8. The molecule has 2 rings (SSSR count). The summed E-state index contributed by atoms with van der Waals surface area (Å²) in [5, 5.41) is 17.9. The minimum Gasteiger partial charge on any atom is -0.478 e. The van der Waals surface area contributed by atoms with E-state index in [9.17, 15) is 9.59 Å². The van der Waals surface area contributed by atoms with Gasteiger partial charge in [-0.2, -0.15) is 5.10 Å². The monoisotopic (exact) mass is 286 g/mol. The number of rotatable bonds is 5. The average molecular weight is 286 g/mol. The molecule has 0 fully saturated rings. The number of carbonyl (C=O) groups excluding carboxylic acids is 1. The van der Waals surface area contributed by atoms with Crippen molar-refractivity contribution in [3.63, 3.8) is 0 Å². The van der Waals surface area contributed by atoms with Gasteiger partial charge in [-0.25, -0.2) is 4.79 Å².